The highest BCUT2D eigenvalue weighted by molar-refractivity contribution is 6.30. The van der Waals surface area contributed by atoms with Gasteiger partial charge in [0.1, 0.15) is 5.71 Å². The predicted molar refractivity (Wildman–Crippen MR) is 84.3 cm³/mol. The molecule has 1 aliphatic heterocycles. The van der Waals surface area contributed by atoms with E-state index in [0.717, 1.165) is 0 Å². The van der Waals surface area contributed by atoms with E-state index < -0.39 is 29.9 Å². The molecule has 1 N–H and O–H groups in total. The monoisotopic (exact) mass is 369 g/mol. The van der Waals surface area contributed by atoms with Crippen molar-refractivity contribution in [2.75, 3.05) is 6.54 Å². The first kappa shape index (κ1) is 17.4. The van der Waals surface area contributed by atoms with E-state index in [1.54, 1.807) is 0 Å². The van der Waals surface area contributed by atoms with Crippen LogP contribution in [-0.4, -0.2) is 45.0 Å². The zero-order valence-electron chi connectivity index (χ0n) is 12.5. The van der Waals surface area contributed by atoms with Crippen LogP contribution in [0.25, 0.3) is 0 Å². The van der Waals surface area contributed by atoms with Gasteiger partial charge in [-0.2, -0.15) is 18.3 Å². The van der Waals surface area contributed by atoms with Crippen molar-refractivity contribution in [1.82, 2.24) is 9.99 Å². The molecule has 1 amide bonds. The molecule has 1 aromatic carbocycles. The lowest BCUT2D eigenvalue weighted by atomic mass is 9.92. The van der Waals surface area contributed by atoms with Crippen LogP contribution in [0, 0.1) is 0 Å². The number of carbonyl (C=O) groups is 1. The Morgan fingerprint density at radius 3 is 2.48 bits per heavy atom. The second-order valence-corrected chi connectivity index (χ2v) is 5.85. The number of aromatic nitrogens is 1. The van der Waals surface area contributed by atoms with Gasteiger partial charge in [-0.05, 0) is 24.3 Å². The molecule has 0 spiro atoms. The number of alkyl halides is 3. The molecule has 9 heteroatoms. The molecule has 130 valence electrons. The van der Waals surface area contributed by atoms with Crippen molar-refractivity contribution >= 4 is 23.2 Å². The highest BCUT2D eigenvalue weighted by Gasteiger charge is 2.62. The highest BCUT2D eigenvalue weighted by Crippen LogP contribution is 2.38. The molecule has 2 aromatic rings. The van der Waals surface area contributed by atoms with E-state index in [-0.39, 0.29) is 11.1 Å². The second kappa shape index (κ2) is 6.12. The number of halogens is 4. The summed E-state index contributed by atoms with van der Waals surface area (Å²) in [6.45, 7) is -1.04. The first-order valence-corrected chi connectivity index (χ1v) is 7.46. The van der Waals surface area contributed by atoms with Gasteiger partial charge in [0.2, 0.25) is 5.60 Å². The second-order valence-electron chi connectivity index (χ2n) is 5.42. The van der Waals surface area contributed by atoms with E-state index in [2.05, 4.69) is 10.1 Å². The first-order chi connectivity index (χ1) is 11.7. The fourth-order valence-electron chi connectivity index (χ4n) is 2.41. The number of hydrazone groups is 1. The summed E-state index contributed by atoms with van der Waals surface area (Å²) in [5.41, 5.74) is -3.86. The average molecular weight is 370 g/mol. The van der Waals surface area contributed by atoms with Gasteiger partial charge >= 0.3 is 6.18 Å². The smallest absolute Gasteiger partial charge is 0.374 e. The molecule has 1 atom stereocenters. The predicted octanol–water partition coefficient (Wildman–Crippen LogP) is 2.89. The van der Waals surface area contributed by atoms with Gasteiger partial charge in [-0.15, -0.1) is 0 Å². The van der Waals surface area contributed by atoms with Crippen LogP contribution < -0.4 is 0 Å². The largest absolute Gasteiger partial charge is 0.424 e. The molecule has 0 bridgehead atoms. The number of amides is 1. The quantitative estimate of drug-likeness (QED) is 0.885. The van der Waals surface area contributed by atoms with Gasteiger partial charge in [-0.1, -0.05) is 23.7 Å². The van der Waals surface area contributed by atoms with Crippen molar-refractivity contribution in [3.8, 4) is 0 Å². The number of carbonyl (C=O) groups excluding carboxylic acids is 1. The molecular weight excluding hydrogens is 359 g/mol. The summed E-state index contributed by atoms with van der Waals surface area (Å²) < 4.78 is 40.5. The van der Waals surface area contributed by atoms with Gasteiger partial charge < -0.3 is 5.11 Å². The van der Waals surface area contributed by atoms with Crippen LogP contribution in [0.1, 0.15) is 15.9 Å². The van der Waals surface area contributed by atoms with Gasteiger partial charge in [0.25, 0.3) is 5.91 Å². The molecule has 0 saturated carbocycles. The summed E-state index contributed by atoms with van der Waals surface area (Å²) >= 11 is 5.74. The van der Waals surface area contributed by atoms with Crippen molar-refractivity contribution in [3.63, 3.8) is 0 Å². The van der Waals surface area contributed by atoms with Crippen LogP contribution in [0.4, 0.5) is 13.2 Å². The van der Waals surface area contributed by atoms with Crippen LogP contribution >= 0.6 is 11.6 Å². The SMILES string of the molecule is O=C(c1cccnc1)N1C[C@](O)(C(F)(F)F)C(c2ccc(Cl)cc2)=N1. The fourth-order valence-corrected chi connectivity index (χ4v) is 2.54. The molecular formula is C16H11ClF3N3O2. The van der Waals surface area contributed by atoms with Crippen LogP contribution in [0.2, 0.25) is 5.02 Å². The Hall–Kier alpha value is -2.45. The van der Waals surface area contributed by atoms with Crippen LogP contribution in [0.15, 0.2) is 53.9 Å². The minimum atomic E-state index is -5.02. The molecule has 0 radical (unpaired) electrons. The van der Waals surface area contributed by atoms with Gasteiger partial charge in [0, 0.05) is 23.0 Å². The van der Waals surface area contributed by atoms with Crippen molar-refractivity contribution in [1.29, 1.82) is 0 Å². The van der Waals surface area contributed by atoms with E-state index >= 15 is 0 Å². The minimum absolute atomic E-state index is 0.0192. The standard InChI is InChI=1S/C16H11ClF3N3O2/c17-12-5-3-10(4-6-12)13-15(25,16(18,19)20)9-23(22-13)14(24)11-2-1-7-21-8-11/h1-8,25H,9H2/t15-/m1/s1. The van der Waals surface area contributed by atoms with Crippen molar-refractivity contribution in [3.05, 3.63) is 64.9 Å². The number of β-amino-alcohol motifs (C(OH)–C–C–N with tert-alkyl or cyclic N) is 1. The number of nitrogens with zero attached hydrogens (tertiary/aromatic N) is 3. The molecule has 25 heavy (non-hydrogen) atoms. The van der Waals surface area contributed by atoms with E-state index in [0.29, 0.717) is 10.0 Å². The zero-order valence-corrected chi connectivity index (χ0v) is 13.3. The molecule has 1 aromatic heterocycles. The van der Waals surface area contributed by atoms with E-state index in [9.17, 15) is 23.1 Å². The third-order valence-corrected chi connectivity index (χ3v) is 3.97. The van der Waals surface area contributed by atoms with Crippen LogP contribution in [0.3, 0.4) is 0 Å². The third kappa shape index (κ3) is 3.10. The van der Waals surface area contributed by atoms with Crippen LogP contribution in [-0.2, 0) is 0 Å². The molecule has 0 fully saturated rings. The maximum absolute atomic E-state index is 13.5. The molecule has 1 aliphatic rings. The Labute approximate surface area is 145 Å². The lowest BCUT2D eigenvalue weighted by Crippen LogP contribution is -2.54. The van der Waals surface area contributed by atoms with Crippen molar-refractivity contribution < 1.29 is 23.1 Å². The summed E-state index contributed by atoms with van der Waals surface area (Å²) in [5.74, 6) is -0.792. The van der Waals surface area contributed by atoms with Gasteiger partial charge in [-0.25, -0.2) is 5.01 Å². The maximum Gasteiger partial charge on any atom is 0.424 e. The van der Waals surface area contributed by atoms with Gasteiger partial charge in [-0.3, -0.25) is 9.78 Å². The molecule has 0 aliphatic carbocycles. The Morgan fingerprint density at radius 2 is 1.92 bits per heavy atom. The van der Waals surface area contributed by atoms with E-state index in [4.69, 9.17) is 11.6 Å². The zero-order chi connectivity index (χ0) is 18.2. The highest BCUT2D eigenvalue weighted by atomic mass is 35.5. The maximum atomic E-state index is 13.5. The third-order valence-electron chi connectivity index (χ3n) is 3.72. The van der Waals surface area contributed by atoms with Crippen molar-refractivity contribution in [2.45, 2.75) is 11.8 Å². The summed E-state index contributed by atoms with van der Waals surface area (Å²) in [7, 11) is 0. The van der Waals surface area contributed by atoms with Crippen molar-refractivity contribution in [2.24, 2.45) is 5.10 Å². The van der Waals surface area contributed by atoms with E-state index in [1.807, 2.05) is 0 Å². The minimum Gasteiger partial charge on any atom is -0.374 e. The molecule has 5 nitrogen and oxygen atoms in total. The number of hydrogen-bond donors (Lipinski definition) is 1. The lowest BCUT2D eigenvalue weighted by Gasteiger charge is -2.27. The topological polar surface area (TPSA) is 65.8 Å². The molecule has 3 rings (SSSR count). The summed E-state index contributed by atoms with van der Waals surface area (Å²) in [4.78, 5) is 16.1. The van der Waals surface area contributed by atoms with Crippen LogP contribution in [0.5, 0.6) is 0 Å². The molecule has 2 heterocycles. The number of benzene rings is 1. The molecule has 0 saturated heterocycles. The number of hydrogen-bond acceptors (Lipinski definition) is 4. The Bertz CT molecular complexity index is 825. The molecule has 0 unspecified atom stereocenters. The number of rotatable bonds is 2. The summed E-state index contributed by atoms with van der Waals surface area (Å²) in [6, 6.07) is 8.23. The average Bonchev–Trinajstić information content (AvgIpc) is 2.95. The first-order valence-electron chi connectivity index (χ1n) is 7.08. The summed E-state index contributed by atoms with van der Waals surface area (Å²) in [6.07, 6.45) is -2.38. The van der Waals surface area contributed by atoms with E-state index in [1.165, 1.54) is 48.8 Å². The lowest BCUT2D eigenvalue weighted by molar-refractivity contribution is -0.228. The Kier molecular flexibility index (Phi) is 4.26. The van der Waals surface area contributed by atoms with Gasteiger partial charge in [0.15, 0.2) is 0 Å². The number of aliphatic hydroxyl groups is 1. The summed E-state index contributed by atoms with van der Waals surface area (Å²) in [5, 5.41) is 14.9. The fraction of sp³-hybridized carbons (Fsp3) is 0.188. The number of pyridine rings is 1. The Balaban J connectivity index is 2.04. The Morgan fingerprint density at radius 1 is 1.24 bits per heavy atom. The van der Waals surface area contributed by atoms with Gasteiger partial charge in [0.05, 0.1) is 12.1 Å². The normalized spacial score (nSPS) is 20.5.